The zero-order valence-electron chi connectivity index (χ0n) is 9.92. The summed E-state index contributed by atoms with van der Waals surface area (Å²) in [5.74, 6) is 1.64. The van der Waals surface area contributed by atoms with E-state index in [1.165, 1.54) is 30.8 Å². The van der Waals surface area contributed by atoms with Crippen LogP contribution in [0.4, 0.5) is 5.69 Å². The van der Waals surface area contributed by atoms with E-state index in [1.807, 2.05) is 6.07 Å². The monoisotopic (exact) mass is 219 g/mol. The van der Waals surface area contributed by atoms with Gasteiger partial charge in [0, 0.05) is 18.2 Å². The van der Waals surface area contributed by atoms with Crippen LogP contribution < -0.4 is 15.0 Å². The number of hydrogen-bond donors (Lipinski definition) is 2. The van der Waals surface area contributed by atoms with E-state index in [4.69, 9.17) is 4.74 Å². The predicted molar refractivity (Wildman–Crippen MR) is 64.4 cm³/mol. The highest BCUT2D eigenvalue weighted by atomic mass is 16.5. The Morgan fingerprint density at radius 3 is 3.12 bits per heavy atom. The van der Waals surface area contributed by atoms with Crippen molar-refractivity contribution in [1.82, 2.24) is 0 Å². The summed E-state index contributed by atoms with van der Waals surface area (Å²) in [4.78, 5) is 1.64. The maximum Gasteiger partial charge on any atom is 0.119 e. The zero-order valence-corrected chi connectivity index (χ0v) is 9.92. The molecule has 2 N–H and O–H groups in total. The average molecular weight is 219 g/mol. The number of benzene rings is 1. The van der Waals surface area contributed by atoms with Gasteiger partial charge in [0.15, 0.2) is 0 Å². The Labute approximate surface area is 96.4 Å². The Hall–Kier alpha value is -1.22. The van der Waals surface area contributed by atoms with E-state index < -0.39 is 0 Å². The van der Waals surface area contributed by atoms with Gasteiger partial charge in [-0.2, -0.15) is 0 Å². The molecule has 1 unspecified atom stereocenters. The summed E-state index contributed by atoms with van der Waals surface area (Å²) < 4.78 is 5.31. The molecule has 2 heterocycles. The van der Waals surface area contributed by atoms with Crippen molar-refractivity contribution in [1.29, 1.82) is 0 Å². The number of likely N-dealkylation sites (N-methyl/N-ethyl adjacent to an activating group) is 1. The summed E-state index contributed by atoms with van der Waals surface area (Å²) in [5.41, 5.74) is 2.76. The van der Waals surface area contributed by atoms with Gasteiger partial charge < -0.3 is 15.0 Å². The number of likely N-dealkylation sites (tertiary alicyclic amines) is 1. The van der Waals surface area contributed by atoms with E-state index in [1.54, 1.807) is 12.0 Å². The summed E-state index contributed by atoms with van der Waals surface area (Å²) in [6.07, 6.45) is 1.27. The van der Waals surface area contributed by atoms with Crippen LogP contribution in [0.5, 0.6) is 5.75 Å². The summed E-state index contributed by atoms with van der Waals surface area (Å²) >= 11 is 0. The standard InChI is InChI=1S/C13H18N2O/c1-15-6-5-13-11(8-15)10-7-9(16-2)3-4-12(10)14-13/h3-4,7,11,13-14H,5-6,8H2,1-2H3/p+1/t11-,13+/m1/s1. The quantitative estimate of drug-likeness (QED) is 0.719. The number of anilines is 1. The summed E-state index contributed by atoms with van der Waals surface area (Å²) in [7, 11) is 4.02. The van der Waals surface area contributed by atoms with Gasteiger partial charge in [0.1, 0.15) is 5.75 Å². The minimum atomic E-state index is 0.644. The maximum absolute atomic E-state index is 5.31. The van der Waals surface area contributed by atoms with Gasteiger partial charge in [-0.1, -0.05) is 0 Å². The molecule has 0 aliphatic carbocycles. The van der Waals surface area contributed by atoms with Gasteiger partial charge in [-0.3, -0.25) is 0 Å². The molecule has 0 bridgehead atoms. The van der Waals surface area contributed by atoms with Gasteiger partial charge >= 0.3 is 0 Å². The Morgan fingerprint density at radius 2 is 2.31 bits per heavy atom. The van der Waals surface area contributed by atoms with Crippen molar-refractivity contribution in [3.8, 4) is 5.75 Å². The fraction of sp³-hybridized carbons (Fsp3) is 0.538. The lowest BCUT2D eigenvalue weighted by Gasteiger charge is -2.29. The van der Waals surface area contributed by atoms with E-state index in [2.05, 4.69) is 24.5 Å². The number of nitrogens with one attached hydrogen (secondary N) is 2. The second kappa shape index (κ2) is 3.67. The van der Waals surface area contributed by atoms with Crippen molar-refractivity contribution in [3.05, 3.63) is 23.8 Å². The van der Waals surface area contributed by atoms with Gasteiger partial charge in [0.2, 0.25) is 0 Å². The summed E-state index contributed by atoms with van der Waals surface area (Å²) in [6, 6.07) is 7.04. The molecule has 3 atom stereocenters. The molecule has 1 saturated heterocycles. The third-order valence-electron chi connectivity index (χ3n) is 3.94. The normalized spacial score (nSPS) is 31.5. The number of rotatable bonds is 1. The SMILES string of the molecule is COc1ccc2c(c1)[C@H]1C[NH+](C)CC[C@@H]1N2. The van der Waals surface area contributed by atoms with Gasteiger partial charge in [-0.25, -0.2) is 0 Å². The molecule has 0 spiro atoms. The number of piperidine rings is 1. The molecule has 3 nitrogen and oxygen atoms in total. The number of methoxy groups -OCH3 is 1. The van der Waals surface area contributed by atoms with Crippen LogP contribution in [0.2, 0.25) is 0 Å². The fourth-order valence-electron chi connectivity index (χ4n) is 3.03. The van der Waals surface area contributed by atoms with Gasteiger partial charge in [0.05, 0.1) is 33.2 Å². The molecule has 2 aliphatic heterocycles. The molecule has 3 rings (SSSR count). The molecule has 1 aromatic rings. The van der Waals surface area contributed by atoms with Crippen molar-refractivity contribution in [2.45, 2.75) is 18.4 Å². The largest absolute Gasteiger partial charge is 0.497 e. The lowest BCUT2D eigenvalue weighted by molar-refractivity contribution is -0.886. The Balaban J connectivity index is 1.95. The molecule has 0 radical (unpaired) electrons. The lowest BCUT2D eigenvalue weighted by atomic mass is 9.89. The first-order chi connectivity index (χ1) is 7.78. The first-order valence-electron chi connectivity index (χ1n) is 6.03. The van der Waals surface area contributed by atoms with Crippen LogP contribution in [0.15, 0.2) is 18.2 Å². The minimum absolute atomic E-state index is 0.644. The number of hydrogen-bond acceptors (Lipinski definition) is 2. The topological polar surface area (TPSA) is 25.7 Å². The first-order valence-corrected chi connectivity index (χ1v) is 6.03. The van der Waals surface area contributed by atoms with Crippen LogP contribution in [-0.2, 0) is 0 Å². The molecule has 3 heteroatoms. The van der Waals surface area contributed by atoms with Crippen LogP contribution in [0, 0.1) is 0 Å². The molecule has 0 amide bonds. The van der Waals surface area contributed by atoms with Crippen molar-refractivity contribution in [3.63, 3.8) is 0 Å². The summed E-state index contributed by atoms with van der Waals surface area (Å²) in [6.45, 7) is 2.51. The van der Waals surface area contributed by atoms with Crippen molar-refractivity contribution in [2.24, 2.45) is 0 Å². The molecule has 1 aromatic carbocycles. The Bertz CT molecular complexity index is 405. The van der Waals surface area contributed by atoms with Gasteiger partial charge in [0.25, 0.3) is 0 Å². The molecule has 1 fully saturated rings. The number of fused-ring (bicyclic) bond motifs is 3. The predicted octanol–water partition coefficient (Wildman–Crippen LogP) is 0.491. The van der Waals surface area contributed by atoms with Crippen molar-refractivity contribution >= 4 is 5.69 Å². The number of ether oxygens (including phenoxy) is 1. The van der Waals surface area contributed by atoms with E-state index >= 15 is 0 Å². The molecule has 0 aromatic heterocycles. The molecule has 0 saturated carbocycles. The fourth-order valence-corrected chi connectivity index (χ4v) is 3.03. The third kappa shape index (κ3) is 1.47. The highest BCUT2D eigenvalue weighted by Gasteiger charge is 2.38. The van der Waals surface area contributed by atoms with E-state index in [-0.39, 0.29) is 0 Å². The highest BCUT2D eigenvalue weighted by Crippen LogP contribution is 2.39. The molecular weight excluding hydrogens is 200 g/mol. The smallest absolute Gasteiger partial charge is 0.119 e. The van der Waals surface area contributed by atoms with Crippen LogP contribution >= 0.6 is 0 Å². The van der Waals surface area contributed by atoms with Crippen LogP contribution in [0.25, 0.3) is 0 Å². The average Bonchev–Trinajstić information content (AvgIpc) is 2.66. The van der Waals surface area contributed by atoms with Crippen LogP contribution in [-0.4, -0.2) is 33.3 Å². The molecule has 2 aliphatic rings. The first kappa shape index (κ1) is 9.97. The highest BCUT2D eigenvalue weighted by molar-refractivity contribution is 5.61. The van der Waals surface area contributed by atoms with Crippen molar-refractivity contribution in [2.75, 3.05) is 32.6 Å². The number of quaternary nitrogens is 1. The third-order valence-corrected chi connectivity index (χ3v) is 3.94. The minimum Gasteiger partial charge on any atom is -0.497 e. The zero-order chi connectivity index (χ0) is 11.1. The van der Waals surface area contributed by atoms with Gasteiger partial charge in [-0.05, 0) is 23.8 Å². The lowest BCUT2D eigenvalue weighted by Crippen LogP contribution is -3.11. The molecular formula is C13H19N2O+. The van der Waals surface area contributed by atoms with Crippen molar-refractivity contribution < 1.29 is 9.64 Å². The second-order valence-corrected chi connectivity index (χ2v) is 5.01. The van der Waals surface area contributed by atoms with E-state index in [9.17, 15) is 0 Å². The Morgan fingerprint density at radius 1 is 1.44 bits per heavy atom. The molecule has 86 valence electrons. The Kier molecular flexibility index (Phi) is 2.28. The van der Waals surface area contributed by atoms with E-state index in [0.717, 1.165) is 5.75 Å². The van der Waals surface area contributed by atoms with Gasteiger partial charge in [-0.15, -0.1) is 0 Å². The van der Waals surface area contributed by atoms with E-state index in [0.29, 0.717) is 12.0 Å². The van der Waals surface area contributed by atoms with Crippen LogP contribution in [0.1, 0.15) is 17.9 Å². The van der Waals surface area contributed by atoms with Crippen LogP contribution in [0.3, 0.4) is 0 Å². The maximum atomic E-state index is 5.31. The molecule has 16 heavy (non-hydrogen) atoms. The second-order valence-electron chi connectivity index (χ2n) is 5.01. The summed E-state index contributed by atoms with van der Waals surface area (Å²) in [5, 5.41) is 3.64.